The van der Waals surface area contributed by atoms with Gasteiger partial charge in [-0.25, -0.2) is 0 Å². The monoisotopic (exact) mass is 592 g/mol. The maximum atomic E-state index is 13.9. The number of rotatable bonds is 8. The van der Waals surface area contributed by atoms with Crippen molar-refractivity contribution in [1.82, 2.24) is 4.90 Å². The molecule has 1 heterocycles. The van der Waals surface area contributed by atoms with Crippen LogP contribution in [0.15, 0.2) is 65.0 Å². The molecule has 0 radical (unpaired) electrons. The molecule has 2 aromatic carbocycles. The number of allylic oxidation sites excluding steroid dienone is 4. The summed E-state index contributed by atoms with van der Waals surface area (Å²) in [6, 6.07) is 11.6. The summed E-state index contributed by atoms with van der Waals surface area (Å²) in [6.45, 7) is 9.70. The minimum Gasteiger partial charge on any atom is -0.487 e. The lowest BCUT2D eigenvalue weighted by Gasteiger charge is -2.49. The van der Waals surface area contributed by atoms with Crippen molar-refractivity contribution in [3.63, 3.8) is 0 Å². The van der Waals surface area contributed by atoms with E-state index in [-0.39, 0.29) is 34.7 Å². The van der Waals surface area contributed by atoms with Crippen LogP contribution in [0.3, 0.4) is 0 Å². The molecule has 0 atom stereocenters. The van der Waals surface area contributed by atoms with E-state index in [1.165, 1.54) is 12.1 Å². The Morgan fingerprint density at radius 1 is 0.929 bits per heavy atom. The molecule has 2 aromatic rings. The predicted molar refractivity (Wildman–Crippen MR) is 160 cm³/mol. The van der Waals surface area contributed by atoms with Crippen LogP contribution >= 0.6 is 11.6 Å². The Bertz CT molecular complexity index is 1450. The summed E-state index contributed by atoms with van der Waals surface area (Å²) in [5.41, 5.74) is 4.50. The molecule has 0 N–H and O–H groups in total. The number of hydrogen-bond acceptors (Lipinski definition) is 7. The molecular weight excluding hydrogens is 556 g/mol. The van der Waals surface area contributed by atoms with Crippen LogP contribution in [0.5, 0.6) is 5.75 Å². The summed E-state index contributed by atoms with van der Waals surface area (Å²) in [5, 5.41) is 11.3. The normalized spacial score (nSPS) is 20.0. The van der Waals surface area contributed by atoms with E-state index in [0.717, 1.165) is 35.4 Å². The van der Waals surface area contributed by atoms with Gasteiger partial charge >= 0.3 is 0 Å². The van der Waals surface area contributed by atoms with E-state index in [1.54, 1.807) is 31.4 Å². The summed E-state index contributed by atoms with van der Waals surface area (Å²) >= 11 is 6.75. The first kappa shape index (κ1) is 30.0. The van der Waals surface area contributed by atoms with Crippen molar-refractivity contribution in [3.8, 4) is 5.75 Å². The molecule has 8 nitrogen and oxygen atoms in total. The lowest BCUT2D eigenvalue weighted by atomic mass is 9.63. The predicted octanol–water partition coefficient (Wildman–Crippen LogP) is 7.16. The lowest BCUT2D eigenvalue weighted by molar-refractivity contribution is -0.384. The van der Waals surface area contributed by atoms with E-state index in [4.69, 9.17) is 21.1 Å². The summed E-state index contributed by atoms with van der Waals surface area (Å²) in [5.74, 6) is 0.0778. The maximum Gasteiger partial charge on any atom is 0.269 e. The van der Waals surface area contributed by atoms with Crippen molar-refractivity contribution in [2.24, 2.45) is 10.8 Å². The van der Waals surface area contributed by atoms with E-state index in [1.807, 2.05) is 6.07 Å². The number of Topliss-reactive ketones (excluding diaryl/α,β-unsaturated/α-hetero) is 2. The number of halogens is 1. The number of carbonyl (C=O) groups is 2. The standard InChI is InChI=1S/C33H37ClN2O6/c1-32(2)15-24-30(26(37)17-32)29(31-25(35(24)12-13-41-5)16-33(3,4)18-27(31)38)21-8-11-28(23(34)14-21)42-19-20-6-9-22(10-7-20)36(39)40/h6-11,14,29H,12-13,15-19H2,1-5H3. The van der Waals surface area contributed by atoms with Gasteiger partial charge < -0.3 is 14.4 Å². The Hall–Kier alpha value is -3.49. The zero-order valence-corrected chi connectivity index (χ0v) is 25.5. The third-order valence-corrected chi connectivity index (χ3v) is 8.67. The molecule has 0 fully saturated rings. The molecule has 0 amide bonds. The maximum absolute atomic E-state index is 13.9. The Kier molecular flexibility index (Phi) is 8.07. The van der Waals surface area contributed by atoms with Gasteiger partial charge in [-0.2, -0.15) is 0 Å². The molecule has 0 bridgehead atoms. The second kappa shape index (κ2) is 11.3. The largest absolute Gasteiger partial charge is 0.487 e. The molecule has 222 valence electrons. The molecule has 1 aliphatic heterocycles. The van der Waals surface area contributed by atoms with Gasteiger partial charge in [0.15, 0.2) is 11.6 Å². The molecule has 0 spiro atoms. The number of hydrogen-bond donors (Lipinski definition) is 0. The van der Waals surface area contributed by atoms with E-state index in [0.29, 0.717) is 47.9 Å². The molecule has 0 saturated carbocycles. The summed E-state index contributed by atoms with van der Waals surface area (Å²) in [4.78, 5) is 40.5. The van der Waals surface area contributed by atoms with Crippen molar-refractivity contribution in [3.05, 3.63) is 91.3 Å². The van der Waals surface area contributed by atoms with Gasteiger partial charge in [0.05, 0.1) is 16.6 Å². The highest BCUT2D eigenvalue weighted by Crippen LogP contribution is 2.54. The van der Waals surface area contributed by atoms with Crippen LogP contribution in [0.4, 0.5) is 5.69 Å². The highest BCUT2D eigenvalue weighted by Gasteiger charge is 2.48. The summed E-state index contributed by atoms with van der Waals surface area (Å²) in [7, 11) is 1.66. The quantitative estimate of drug-likeness (QED) is 0.237. The van der Waals surface area contributed by atoms with Gasteiger partial charge in [-0.05, 0) is 59.1 Å². The highest BCUT2D eigenvalue weighted by molar-refractivity contribution is 6.32. The third kappa shape index (κ3) is 5.88. The molecule has 42 heavy (non-hydrogen) atoms. The molecule has 2 aliphatic carbocycles. The number of benzene rings is 2. The van der Waals surface area contributed by atoms with E-state index in [9.17, 15) is 19.7 Å². The number of non-ortho nitro benzene ring substituents is 1. The first-order valence-electron chi connectivity index (χ1n) is 14.2. The molecule has 0 aromatic heterocycles. The van der Waals surface area contributed by atoms with E-state index >= 15 is 0 Å². The fourth-order valence-electron chi connectivity index (χ4n) is 6.52. The average molecular weight is 593 g/mol. The minimum absolute atomic E-state index is 0.0121. The van der Waals surface area contributed by atoms with Crippen LogP contribution in [0.1, 0.15) is 70.4 Å². The van der Waals surface area contributed by atoms with Crippen LogP contribution in [0.25, 0.3) is 0 Å². The SMILES string of the molecule is COCCN1C2=C(C(=O)CC(C)(C)C2)C(c2ccc(OCc3ccc([N+](=O)[O-])cc3)c(Cl)c2)C2=C1CC(C)(C)CC2=O. The molecule has 0 unspecified atom stereocenters. The van der Waals surface area contributed by atoms with Crippen molar-refractivity contribution in [2.45, 2.75) is 65.9 Å². The van der Waals surface area contributed by atoms with E-state index in [2.05, 4.69) is 32.6 Å². The van der Waals surface area contributed by atoms with Gasteiger partial charge in [0.25, 0.3) is 5.69 Å². The zero-order chi connectivity index (χ0) is 30.4. The van der Waals surface area contributed by atoms with Crippen LogP contribution in [-0.4, -0.2) is 41.7 Å². The minimum atomic E-state index is -0.498. The van der Waals surface area contributed by atoms with Gasteiger partial charge in [0.1, 0.15) is 12.4 Å². The lowest BCUT2D eigenvalue weighted by Crippen LogP contribution is -2.45. The third-order valence-electron chi connectivity index (χ3n) is 8.37. The van der Waals surface area contributed by atoms with Crippen LogP contribution < -0.4 is 4.74 Å². The second-order valence-electron chi connectivity index (χ2n) is 13.1. The Labute approximate surface area is 251 Å². The first-order valence-corrected chi connectivity index (χ1v) is 14.6. The fraction of sp³-hybridized carbons (Fsp3) is 0.455. The molecule has 9 heteroatoms. The number of methoxy groups -OCH3 is 1. The van der Waals surface area contributed by atoms with Gasteiger partial charge in [-0.3, -0.25) is 19.7 Å². The van der Waals surface area contributed by atoms with Crippen LogP contribution in [0.2, 0.25) is 5.02 Å². The molecule has 3 aliphatic rings. The van der Waals surface area contributed by atoms with Gasteiger partial charge in [0, 0.05) is 67.1 Å². The van der Waals surface area contributed by atoms with Crippen molar-refractivity contribution < 1.29 is 24.0 Å². The van der Waals surface area contributed by atoms with Crippen molar-refractivity contribution >= 4 is 28.9 Å². The van der Waals surface area contributed by atoms with Crippen LogP contribution in [0, 0.1) is 20.9 Å². The second-order valence-corrected chi connectivity index (χ2v) is 13.5. The Balaban J connectivity index is 1.55. The summed E-state index contributed by atoms with van der Waals surface area (Å²) < 4.78 is 11.4. The molecule has 5 rings (SSSR count). The molecule has 0 saturated heterocycles. The zero-order valence-electron chi connectivity index (χ0n) is 24.8. The number of nitro groups is 1. The smallest absolute Gasteiger partial charge is 0.269 e. The highest BCUT2D eigenvalue weighted by atomic mass is 35.5. The Morgan fingerprint density at radius 2 is 1.50 bits per heavy atom. The topological polar surface area (TPSA) is 99.0 Å². The van der Waals surface area contributed by atoms with E-state index < -0.39 is 10.8 Å². The number of ether oxygens (including phenoxy) is 2. The first-order chi connectivity index (χ1) is 19.8. The van der Waals surface area contributed by atoms with Gasteiger partial charge in [-0.15, -0.1) is 0 Å². The van der Waals surface area contributed by atoms with Crippen molar-refractivity contribution in [1.29, 1.82) is 0 Å². The van der Waals surface area contributed by atoms with Crippen LogP contribution in [-0.2, 0) is 20.9 Å². The van der Waals surface area contributed by atoms with Crippen molar-refractivity contribution in [2.75, 3.05) is 20.3 Å². The number of nitro benzene ring substituents is 1. The van der Waals surface area contributed by atoms with Gasteiger partial charge in [0.2, 0.25) is 0 Å². The number of nitrogens with zero attached hydrogens (tertiary/aromatic N) is 2. The van der Waals surface area contributed by atoms with Gasteiger partial charge in [-0.1, -0.05) is 45.4 Å². The Morgan fingerprint density at radius 3 is 2.00 bits per heavy atom. The average Bonchev–Trinajstić information content (AvgIpc) is 2.89. The number of ketones is 2. The molecular formula is C33H37ClN2O6. The summed E-state index contributed by atoms with van der Waals surface area (Å²) in [6.07, 6.45) is 2.27. The number of carbonyl (C=O) groups excluding carboxylic acids is 2. The fourth-order valence-corrected chi connectivity index (χ4v) is 6.77.